The highest BCUT2D eigenvalue weighted by molar-refractivity contribution is 7.90. The van der Waals surface area contributed by atoms with Crippen LogP contribution in [0.4, 0.5) is 13.2 Å². The molecule has 2 rings (SSSR count). The second-order valence-electron chi connectivity index (χ2n) is 3.97. The molecule has 106 valence electrons. The van der Waals surface area contributed by atoms with Crippen molar-refractivity contribution in [2.45, 2.75) is 11.3 Å². The van der Waals surface area contributed by atoms with Crippen LogP contribution in [0.5, 0.6) is 0 Å². The van der Waals surface area contributed by atoms with Gasteiger partial charge < -0.3 is 0 Å². The zero-order valence-corrected chi connectivity index (χ0v) is 10.9. The highest BCUT2D eigenvalue weighted by Crippen LogP contribution is 2.30. The third-order valence-electron chi connectivity index (χ3n) is 2.38. The fourth-order valence-electron chi connectivity index (χ4n) is 1.40. The van der Waals surface area contributed by atoms with Gasteiger partial charge in [-0.2, -0.15) is 13.2 Å². The first kappa shape index (κ1) is 14.4. The second kappa shape index (κ2) is 4.82. The van der Waals surface area contributed by atoms with Gasteiger partial charge in [-0.25, -0.2) is 13.4 Å². The fraction of sp³-hybridized carbons (Fsp3) is 0.182. The van der Waals surface area contributed by atoms with Gasteiger partial charge >= 0.3 is 6.18 Å². The van der Waals surface area contributed by atoms with Crippen LogP contribution >= 0.6 is 0 Å². The monoisotopic (exact) mass is 303 g/mol. The van der Waals surface area contributed by atoms with Gasteiger partial charge in [0, 0.05) is 11.8 Å². The average Bonchev–Trinajstić information content (AvgIpc) is 2.37. The lowest BCUT2D eigenvalue weighted by molar-refractivity contribution is -0.137. The highest BCUT2D eigenvalue weighted by Gasteiger charge is 2.30. The molecule has 0 unspecified atom stereocenters. The first-order chi connectivity index (χ1) is 9.18. The van der Waals surface area contributed by atoms with Crippen LogP contribution in [-0.2, 0) is 16.0 Å². The molecule has 0 bridgehead atoms. The van der Waals surface area contributed by atoms with Gasteiger partial charge in [0.25, 0.3) is 5.16 Å². The molecule has 0 N–H and O–H groups in total. The van der Waals surface area contributed by atoms with Crippen molar-refractivity contribution in [1.82, 2.24) is 15.2 Å². The van der Waals surface area contributed by atoms with Crippen molar-refractivity contribution in [3.8, 4) is 11.3 Å². The Balaban J connectivity index is 2.33. The van der Waals surface area contributed by atoms with Gasteiger partial charge in [-0.3, -0.25) is 0 Å². The quantitative estimate of drug-likeness (QED) is 0.848. The molecule has 1 heterocycles. The summed E-state index contributed by atoms with van der Waals surface area (Å²) in [7, 11) is -3.56. The maximum atomic E-state index is 12.4. The number of benzene rings is 1. The van der Waals surface area contributed by atoms with Gasteiger partial charge in [0.2, 0.25) is 9.84 Å². The predicted octanol–water partition coefficient (Wildman–Crippen LogP) is 1.96. The third-order valence-corrected chi connectivity index (χ3v) is 3.23. The van der Waals surface area contributed by atoms with E-state index in [-0.39, 0.29) is 5.69 Å². The SMILES string of the molecule is CS(=O)(=O)c1ncc(-c2ccc(C(F)(F)F)cc2)nn1. The fourth-order valence-corrected chi connectivity index (χ4v) is 1.83. The first-order valence-corrected chi connectivity index (χ1v) is 7.14. The van der Waals surface area contributed by atoms with Crippen molar-refractivity contribution in [1.29, 1.82) is 0 Å². The lowest BCUT2D eigenvalue weighted by atomic mass is 10.1. The minimum atomic E-state index is -4.41. The van der Waals surface area contributed by atoms with Gasteiger partial charge in [-0.1, -0.05) is 12.1 Å². The molecule has 0 aliphatic carbocycles. The van der Waals surface area contributed by atoms with Crippen LogP contribution in [0.2, 0.25) is 0 Å². The van der Waals surface area contributed by atoms with E-state index < -0.39 is 26.7 Å². The Bertz CT molecular complexity index is 710. The van der Waals surface area contributed by atoms with E-state index in [4.69, 9.17) is 0 Å². The molecule has 0 saturated carbocycles. The summed E-state index contributed by atoms with van der Waals surface area (Å²) in [6.45, 7) is 0. The van der Waals surface area contributed by atoms with Crippen molar-refractivity contribution >= 4 is 9.84 Å². The third kappa shape index (κ3) is 3.10. The molecule has 1 aromatic heterocycles. The molecule has 5 nitrogen and oxygen atoms in total. The summed E-state index contributed by atoms with van der Waals surface area (Å²) in [6.07, 6.45) is -2.34. The molecule has 1 aromatic carbocycles. The van der Waals surface area contributed by atoms with Crippen LogP contribution in [0.1, 0.15) is 5.56 Å². The van der Waals surface area contributed by atoms with Crippen molar-refractivity contribution in [2.75, 3.05) is 6.26 Å². The molecule has 0 aliphatic heterocycles. The number of aromatic nitrogens is 3. The summed E-state index contributed by atoms with van der Waals surface area (Å²) in [5.41, 5.74) is -0.237. The van der Waals surface area contributed by atoms with Crippen molar-refractivity contribution < 1.29 is 21.6 Å². The van der Waals surface area contributed by atoms with Crippen LogP contribution < -0.4 is 0 Å². The van der Waals surface area contributed by atoms with Gasteiger partial charge in [-0.05, 0) is 12.1 Å². The molecular formula is C11H8F3N3O2S. The molecule has 0 atom stereocenters. The lowest BCUT2D eigenvalue weighted by Crippen LogP contribution is -2.06. The van der Waals surface area contributed by atoms with Gasteiger partial charge in [0.15, 0.2) is 0 Å². The number of nitrogens with zero attached hydrogens (tertiary/aromatic N) is 3. The molecule has 0 amide bonds. The molecule has 0 radical (unpaired) electrons. The predicted molar refractivity (Wildman–Crippen MR) is 63.4 cm³/mol. The number of sulfone groups is 1. The minimum absolute atomic E-state index is 0.186. The van der Waals surface area contributed by atoms with E-state index in [2.05, 4.69) is 15.2 Å². The Morgan fingerprint density at radius 1 is 1.05 bits per heavy atom. The minimum Gasteiger partial charge on any atom is -0.223 e. The zero-order chi connectivity index (χ0) is 15.0. The maximum absolute atomic E-state index is 12.4. The van der Waals surface area contributed by atoms with Crippen LogP contribution in [0, 0.1) is 0 Å². The van der Waals surface area contributed by atoms with E-state index in [0.29, 0.717) is 5.56 Å². The first-order valence-electron chi connectivity index (χ1n) is 5.25. The van der Waals surface area contributed by atoms with Crippen LogP contribution in [0.25, 0.3) is 11.3 Å². The highest BCUT2D eigenvalue weighted by atomic mass is 32.2. The molecule has 0 aliphatic rings. The largest absolute Gasteiger partial charge is 0.416 e. The molecule has 0 saturated heterocycles. The summed E-state index contributed by atoms with van der Waals surface area (Å²) >= 11 is 0. The normalized spacial score (nSPS) is 12.4. The topological polar surface area (TPSA) is 72.8 Å². The Hall–Kier alpha value is -2.03. The molecule has 0 fully saturated rings. The molecule has 20 heavy (non-hydrogen) atoms. The van der Waals surface area contributed by atoms with Crippen molar-refractivity contribution in [3.63, 3.8) is 0 Å². The number of hydrogen-bond donors (Lipinski definition) is 0. The number of hydrogen-bond acceptors (Lipinski definition) is 5. The summed E-state index contributed by atoms with van der Waals surface area (Å²) < 4.78 is 59.5. The smallest absolute Gasteiger partial charge is 0.223 e. The Kier molecular flexibility index (Phi) is 3.46. The molecule has 0 spiro atoms. The van der Waals surface area contributed by atoms with E-state index in [9.17, 15) is 21.6 Å². The number of rotatable bonds is 2. The van der Waals surface area contributed by atoms with Crippen molar-refractivity contribution in [2.24, 2.45) is 0 Å². The Morgan fingerprint density at radius 2 is 1.65 bits per heavy atom. The van der Waals surface area contributed by atoms with Crippen molar-refractivity contribution in [3.05, 3.63) is 36.0 Å². The van der Waals surface area contributed by atoms with Gasteiger partial charge in [0.05, 0.1) is 11.8 Å². The van der Waals surface area contributed by atoms with Gasteiger partial charge in [-0.15, -0.1) is 10.2 Å². The number of halogens is 3. The van der Waals surface area contributed by atoms with Crippen LogP contribution in [0.3, 0.4) is 0 Å². The van der Waals surface area contributed by atoms with E-state index in [0.717, 1.165) is 24.6 Å². The summed E-state index contributed by atoms with van der Waals surface area (Å²) in [5, 5.41) is 6.62. The second-order valence-corrected chi connectivity index (χ2v) is 5.88. The van der Waals surface area contributed by atoms with Gasteiger partial charge in [0.1, 0.15) is 5.69 Å². The Morgan fingerprint density at radius 3 is 2.05 bits per heavy atom. The van der Waals surface area contributed by atoms with E-state index >= 15 is 0 Å². The standard InChI is InChI=1S/C11H8F3N3O2S/c1-20(18,19)10-15-6-9(16-17-10)7-2-4-8(5-3-7)11(12,13)14/h2-6H,1H3. The molecular weight excluding hydrogens is 295 g/mol. The van der Waals surface area contributed by atoms with Crippen LogP contribution in [0.15, 0.2) is 35.6 Å². The van der Waals surface area contributed by atoms with E-state index in [1.807, 2.05) is 0 Å². The summed E-state index contributed by atoms with van der Waals surface area (Å²) in [4.78, 5) is 3.61. The van der Waals surface area contributed by atoms with E-state index in [1.165, 1.54) is 12.1 Å². The zero-order valence-electron chi connectivity index (χ0n) is 10.1. The van der Waals surface area contributed by atoms with Crippen LogP contribution in [-0.4, -0.2) is 29.9 Å². The summed E-state index contributed by atoms with van der Waals surface area (Å²) in [6, 6.07) is 4.24. The molecule has 2 aromatic rings. The Labute approximate surface area is 112 Å². The maximum Gasteiger partial charge on any atom is 0.416 e. The summed E-state index contributed by atoms with van der Waals surface area (Å²) in [5.74, 6) is 0. The average molecular weight is 303 g/mol. The van der Waals surface area contributed by atoms with E-state index in [1.54, 1.807) is 0 Å². The number of alkyl halides is 3. The lowest BCUT2D eigenvalue weighted by Gasteiger charge is -2.07. The molecule has 9 heteroatoms.